The first kappa shape index (κ1) is 38.3. The molecule has 0 heterocycles. The van der Waals surface area contributed by atoms with Gasteiger partial charge in [0.25, 0.3) is 0 Å². The Bertz CT molecular complexity index is 3500. The summed E-state index contributed by atoms with van der Waals surface area (Å²) in [6, 6.07) is 89.9. The number of hydrogen-bond donors (Lipinski definition) is 0. The van der Waals surface area contributed by atoms with Gasteiger partial charge in [0.2, 0.25) is 0 Å². The second kappa shape index (κ2) is 14.7. The lowest BCUT2D eigenvalue weighted by Gasteiger charge is -2.33. The van der Waals surface area contributed by atoms with Crippen molar-refractivity contribution in [1.29, 1.82) is 0 Å². The van der Waals surface area contributed by atoms with Crippen LogP contribution in [0.2, 0.25) is 0 Å². The van der Waals surface area contributed by atoms with Gasteiger partial charge >= 0.3 is 0 Å². The average molecular weight is 843 g/mol. The van der Waals surface area contributed by atoms with Crippen molar-refractivity contribution in [2.75, 3.05) is 9.80 Å². The number of hydrogen-bond acceptors (Lipinski definition) is 2. The minimum absolute atomic E-state index is 0.133. The Labute approximate surface area is 387 Å². The second-order valence-corrected chi connectivity index (χ2v) is 18.4. The van der Waals surface area contributed by atoms with Gasteiger partial charge in [-0.05, 0) is 127 Å². The zero-order chi connectivity index (χ0) is 44.0. The van der Waals surface area contributed by atoms with Gasteiger partial charge in [0, 0.05) is 39.3 Å². The summed E-state index contributed by atoms with van der Waals surface area (Å²) in [5, 5.41) is 0. The Morgan fingerprint density at radius 1 is 0.273 bits per heavy atom. The fraction of sp³-hybridized carbons (Fsp3) is 0.0625. The number of anilines is 6. The van der Waals surface area contributed by atoms with Crippen LogP contribution in [0.25, 0.3) is 44.5 Å². The monoisotopic (exact) mass is 842 g/mol. The summed E-state index contributed by atoms with van der Waals surface area (Å²) in [5.41, 5.74) is 24.2. The molecule has 1 spiro atoms. The molecule has 0 bridgehead atoms. The highest BCUT2D eigenvalue weighted by Crippen LogP contribution is 2.66. The van der Waals surface area contributed by atoms with E-state index in [1.807, 2.05) is 0 Å². The molecule has 0 aliphatic heterocycles. The summed E-state index contributed by atoms with van der Waals surface area (Å²) in [7, 11) is 0. The quantitative estimate of drug-likeness (QED) is 0.158. The van der Waals surface area contributed by atoms with E-state index in [-0.39, 0.29) is 5.41 Å². The van der Waals surface area contributed by atoms with E-state index in [9.17, 15) is 0 Å². The molecule has 2 nitrogen and oxygen atoms in total. The number of rotatable bonds is 7. The van der Waals surface area contributed by atoms with E-state index < -0.39 is 5.41 Å². The molecular formula is C64H46N2. The third-order valence-electron chi connectivity index (χ3n) is 14.7. The Balaban J connectivity index is 1.04. The van der Waals surface area contributed by atoms with Crippen LogP contribution < -0.4 is 9.80 Å². The van der Waals surface area contributed by atoms with Gasteiger partial charge in [0.05, 0.1) is 16.8 Å². The smallest absolute Gasteiger partial charge is 0.0727 e. The van der Waals surface area contributed by atoms with Crippen LogP contribution in [0, 0.1) is 0 Å². The predicted molar refractivity (Wildman–Crippen MR) is 275 cm³/mol. The minimum Gasteiger partial charge on any atom is -0.310 e. The summed E-state index contributed by atoms with van der Waals surface area (Å²) in [6.07, 6.45) is 0. The lowest BCUT2D eigenvalue weighted by atomic mass is 9.70. The van der Waals surface area contributed by atoms with E-state index in [2.05, 4.69) is 266 Å². The second-order valence-electron chi connectivity index (χ2n) is 18.4. The molecule has 0 saturated heterocycles. The third kappa shape index (κ3) is 5.42. The molecular weight excluding hydrogens is 797 g/mol. The fourth-order valence-corrected chi connectivity index (χ4v) is 11.8. The largest absolute Gasteiger partial charge is 0.310 e. The van der Waals surface area contributed by atoms with Crippen LogP contribution in [0.1, 0.15) is 47.2 Å². The molecule has 13 rings (SSSR count). The Kier molecular flexibility index (Phi) is 8.51. The highest BCUT2D eigenvalue weighted by Gasteiger charge is 2.53. The van der Waals surface area contributed by atoms with Crippen molar-refractivity contribution in [2.45, 2.75) is 24.7 Å². The minimum atomic E-state index is -0.562. The van der Waals surface area contributed by atoms with Crippen LogP contribution in [0.3, 0.4) is 0 Å². The summed E-state index contributed by atoms with van der Waals surface area (Å²) >= 11 is 0. The van der Waals surface area contributed by atoms with Crippen molar-refractivity contribution < 1.29 is 0 Å². The SMILES string of the molecule is CC1(C)c2ccccc2-c2ccc(N(c3ccccc3)c3cccc4c3-c3ccccc3C43c4ccccc4-c4c(N(c5ccccc5)c5ccc(-c6ccccc6)cc5)cccc43)cc21. The highest BCUT2D eigenvalue weighted by atomic mass is 15.2. The summed E-state index contributed by atoms with van der Waals surface area (Å²) < 4.78 is 0. The van der Waals surface area contributed by atoms with Gasteiger partial charge in [0.15, 0.2) is 0 Å². The highest BCUT2D eigenvalue weighted by molar-refractivity contribution is 6.04. The van der Waals surface area contributed by atoms with Crippen molar-refractivity contribution in [3.8, 4) is 44.5 Å². The normalized spacial score (nSPS) is 15.3. The Morgan fingerprint density at radius 3 is 1.23 bits per heavy atom. The zero-order valence-corrected chi connectivity index (χ0v) is 37.0. The maximum atomic E-state index is 2.50. The molecule has 10 aromatic carbocycles. The molecule has 0 N–H and O–H groups in total. The third-order valence-corrected chi connectivity index (χ3v) is 14.7. The van der Waals surface area contributed by atoms with Crippen molar-refractivity contribution in [2.24, 2.45) is 0 Å². The van der Waals surface area contributed by atoms with Gasteiger partial charge in [-0.15, -0.1) is 0 Å². The predicted octanol–water partition coefficient (Wildman–Crippen LogP) is 16.9. The van der Waals surface area contributed by atoms with Crippen LogP contribution in [0.4, 0.5) is 34.1 Å². The van der Waals surface area contributed by atoms with E-state index in [0.717, 1.165) is 28.4 Å². The molecule has 3 aliphatic carbocycles. The summed E-state index contributed by atoms with van der Waals surface area (Å²) in [5.74, 6) is 0. The van der Waals surface area contributed by atoms with Gasteiger partial charge in [-0.1, -0.05) is 196 Å². The molecule has 0 aromatic heterocycles. The molecule has 0 fully saturated rings. The summed E-state index contributed by atoms with van der Waals surface area (Å²) in [4.78, 5) is 4.95. The number of fused-ring (bicyclic) bond motifs is 13. The lowest BCUT2D eigenvalue weighted by molar-refractivity contribution is 0.660. The average Bonchev–Trinajstić information content (AvgIpc) is 3.94. The van der Waals surface area contributed by atoms with Crippen molar-refractivity contribution in [3.63, 3.8) is 0 Å². The first-order valence-corrected chi connectivity index (χ1v) is 23.1. The molecule has 0 radical (unpaired) electrons. The summed E-state index contributed by atoms with van der Waals surface area (Å²) in [6.45, 7) is 4.74. The lowest BCUT2D eigenvalue weighted by Crippen LogP contribution is -2.26. The molecule has 1 atom stereocenters. The van der Waals surface area contributed by atoms with Crippen molar-refractivity contribution in [1.82, 2.24) is 0 Å². The van der Waals surface area contributed by atoms with Crippen LogP contribution in [-0.4, -0.2) is 0 Å². The number of benzene rings is 10. The van der Waals surface area contributed by atoms with Gasteiger partial charge in [-0.2, -0.15) is 0 Å². The van der Waals surface area contributed by atoms with Gasteiger partial charge in [-0.3, -0.25) is 0 Å². The van der Waals surface area contributed by atoms with E-state index in [1.165, 1.54) is 83.6 Å². The van der Waals surface area contributed by atoms with Gasteiger partial charge in [0.1, 0.15) is 0 Å². The maximum Gasteiger partial charge on any atom is 0.0727 e. The Hall–Kier alpha value is -8.20. The molecule has 10 aromatic rings. The van der Waals surface area contributed by atoms with E-state index in [4.69, 9.17) is 0 Å². The van der Waals surface area contributed by atoms with Crippen LogP contribution >= 0.6 is 0 Å². The van der Waals surface area contributed by atoms with Crippen molar-refractivity contribution in [3.05, 3.63) is 276 Å². The van der Waals surface area contributed by atoms with Gasteiger partial charge < -0.3 is 9.80 Å². The first-order valence-electron chi connectivity index (χ1n) is 23.1. The standard InChI is InChI=1S/C64H46N2/c1-63(2)53-29-15-12-26-49(53)50-41-40-48(42-58(50)63)66(46-24-10-5-11-25-46)60-35-19-33-57-62(60)52-28-14-17-31-55(52)64(57)54-30-16-13-27-51(54)61-56(64)32-18-34-59(61)65(45-22-8-4-9-23-45)47-38-36-44(37-39-47)43-20-6-3-7-21-43/h3-42H,1-2H3. The van der Waals surface area contributed by atoms with E-state index >= 15 is 0 Å². The van der Waals surface area contributed by atoms with Crippen molar-refractivity contribution >= 4 is 34.1 Å². The van der Waals surface area contributed by atoms with Gasteiger partial charge in [-0.25, -0.2) is 0 Å². The number of nitrogens with zero attached hydrogens (tertiary/aromatic N) is 2. The van der Waals surface area contributed by atoms with E-state index in [1.54, 1.807) is 0 Å². The van der Waals surface area contributed by atoms with Crippen LogP contribution in [0.5, 0.6) is 0 Å². The molecule has 0 saturated carbocycles. The molecule has 66 heavy (non-hydrogen) atoms. The Morgan fingerprint density at radius 2 is 0.667 bits per heavy atom. The molecule has 312 valence electrons. The molecule has 3 aliphatic rings. The fourth-order valence-electron chi connectivity index (χ4n) is 11.8. The zero-order valence-electron chi connectivity index (χ0n) is 37.0. The van der Waals surface area contributed by atoms with Crippen LogP contribution in [-0.2, 0) is 10.8 Å². The first-order chi connectivity index (χ1) is 32.5. The van der Waals surface area contributed by atoms with Crippen LogP contribution in [0.15, 0.2) is 243 Å². The molecule has 2 heteroatoms. The molecule has 0 amide bonds. The van der Waals surface area contributed by atoms with E-state index in [0.29, 0.717) is 0 Å². The topological polar surface area (TPSA) is 6.48 Å². The maximum absolute atomic E-state index is 2.50. The molecule has 1 unspecified atom stereocenters. The number of para-hydroxylation sites is 2.